The number of fused-ring (bicyclic) bond motifs is 1. The lowest BCUT2D eigenvalue weighted by Gasteiger charge is -2.21. The van der Waals surface area contributed by atoms with E-state index in [0.717, 1.165) is 40.7 Å². The highest BCUT2D eigenvalue weighted by atomic mass is 35.5. The standard InChI is InChI=1S/C21H19ClF2N2O3.C13H14ClNO3.C8H7F2NO.C6H5N3O.CH4/c1-11-13(5-7-18(25-3)20(11)22)8-15(12(2)27)21(29)26-10-19(28)14-4-6-16(23)17(24)9-14;1-7-9(4-5-11(15-3)12(7)14)6-10(8(2)16)13(17)18;9-6-2-1-5(3-7(6)10)8(12)4-11;10-9-6-4-2-1-3-5(6)7-8-9;/h4-7,9,12,15,27H,8,10H2,1-2H3,(H,26,29);4-5,8,10,16H,6H2,1-2H3,(H,17,18);1-3H,4,11H2;1-4,10H;1H4/t12-,15-;8-,10-;;;/m11.../s1. The third kappa shape index (κ3) is 16.2. The number of nitrogens with two attached hydrogens (primary N) is 1. The molecular weight excluding hydrogens is 961 g/mol. The monoisotopic (exact) mass is 1010 g/mol. The Labute approximate surface area is 410 Å². The highest BCUT2D eigenvalue weighted by Crippen LogP contribution is 2.33. The van der Waals surface area contributed by atoms with Crippen molar-refractivity contribution in [2.24, 2.45) is 17.6 Å². The second-order valence-electron chi connectivity index (χ2n) is 15.0. The number of aromatic nitrogens is 3. The number of aliphatic carboxylic acids is 1. The molecule has 0 bridgehead atoms. The summed E-state index contributed by atoms with van der Waals surface area (Å²) in [6, 6.07) is 19.3. The molecule has 0 aliphatic carbocycles. The molecular formula is C49H49Cl2F4N7O8. The fourth-order valence-corrected chi connectivity index (χ4v) is 6.62. The maximum atomic E-state index is 13.3. The molecule has 5 aromatic carbocycles. The number of carbonyl (C=O) groups is 4. The van der Waals surface area contributed by atoms with Gasteiger partial charge in [0.1, 0.15) is 11.0 Å². The van der Waals surface area contributed by atoms with E-state index in [2.05, 4.69) is 25.3 Å². The molecule has 0 radical (unpaired) electrons. The van der Waals surface area contributed by atoms with E-state index in [4.69, 9.17) is 52.4 Å². The van der Waals surface area contributed by atoms with Gasteiger partial charge in [-0.2, -0.15) is 0 Å². The van der Waals surface area contributed by atoms with Gasteiger partial charge in [-0.15, -0.1) is 5.10 Å². The molecule has 0 spiro atoms. The molecule has 4 atom stereocenters. The van der Waals surface area contributed by atoms with E-state index in [1.807, 2.05) is 12.1 Å². The van der Waals surface area contributed by atoms with Gasteiger partial charge >= 0.3 is 5.97 Å². The normalized spacial score (nSPS) is 12.0. The first-order valence-electron chi connectivity index (χ1n) is 20.4. The highest BCUT2D eigenvalue weighted by molar-refractivity contribution is 6.34. The number of benzene rings is 5. The molecule has 6 aromatic rings. The second kappa shape index (κ2) is 27.7. The lowest BCUT2D eigenvalue weighted by Crippen LogP contribution is -2.40. The number of amides is 1. The Hall–Kier alpha value is -7.26. The Balaban J connectivity index is 0.000000347. The summed E-state index contributed by atoms with van der Waals surface area (Å²) >= 11 is 12.2. The quantitative estimate of drug-likeness (QED) is 0.0277. The first-order valence-corrected chi connectivity index (χ1v) is 21.2. The van der Waals surface area contributed by atoms with Gasteiger partial charge in [0.05, 0.1) is 60.3 Å². The van der Waals surface area contributed by atoms with E-state index in [1.54, 1.807) is 50.2 Å². The van der Waals surface area contributed by atoms with Crippen LogP contribution in [0.2, 0.25) is 10.0 Å². The van der Waals surface area contributed by atoms with Gasteiger partial charge in [0.2, 0.25) is 17.3 Å². The van der Waals surface area contributed by atoms with Crippen molar-refractivity contribution in [1.82, 2.24) is 20.5 Å². The fraction of sp³-hybridized carbons (Fsp3) is 0.265. The van der Waals surface area contributed by atoms with Crippen molar-refractivity contribution in [2.75, 3.05) is 13.1 Å². The number of ketones is 2. The molecule has 1 aromatic heterocycles. The summed E-state index contributed by atoms with van der Waals surface area (Å²) < 4.78 is 51.1. The van der Waals surface area contributed by atoms with Gasteiger partial charge in [0, 0.05) is 11.1 Å². The van der Waals surface area contributed by atoms with Gasteiger partial charge in [-0.05, 0) is 117 Å². The lowest BCUT2D eigenvalue weighted by atomic mass is 9.91. The van der Waals surface area contributed by atoms with Gasteiger partial charge in [-0.3, -0.25) is 19.2 Å². The van der Waals surface area contributed by atoms with Crippen LogP contribution in [-0.2, 0) is 22.4 Å². The molecule has 1 amide bonds. The summed E-state index contributed by atoms with van der Waals surface area (Å²) in [5, 5.41) is 47.6. The molecule has 0 saturated heterocycles. The van der Waals surface area contributed by atoms with Crippen molar-refractivity contribution >= 4 is 69.1 Å². The number of halogens is 6. The predicted molar refractivity (Wildman–Crippen MR) is 255 cm³/mol. The van der Waals surface area contributed by atoms with Crippen LogP contribution in [0.5, 0.6) is 0 Å². The Bertz CT molecular complexity index is 2900. The minimum absolute atomic E-state index is 0. The number of nitrogens with zero attached hydrogens (tertiary/aromatic N) is 5. The van der Waals surface area contributed by atoms with Crippen molar-refractivity contribution in [2.45, 2.75) is 60.2 Å². The number of hydrogen-bond acceptors (Lipinski definition) is 10. The zero-order valence-corrected chi connectivity index (χ0v) is 38.7. The molecule has 1 heterocycles. The number of para-hydroxylation sites is 1. The first kappa shape index (κ1) is 58.9. The largest absolute Gasteiger partial charge is 0.481 e. The number of hydrogen-bond donors (Lipinski definition) is 6. The van der Waals surface area contributed by atoms with E-state index >= 15 is 0 Å². The maximum absolute atomic E-state index is 13.3. The van der Waals surface area contributed by atoms with Gasteiger partial charge in [0.15, 0.2) is 34.8 Å². The topological polar surface area (TPSA) is 227 Å². The van der Waals surface area contributed by atoms with Crippen molar-refractivity contribution < 1.29 is 57.3 Å². The van der Waals surface area contributed by atoms with Crippen molar-refractivity contribution in [1.29, 1.82) is 0 Å². The minimum atomic E-state index is -1.15. The van der Waals surface area contributed by atoms with Crippen LogP contribution in [0.25, 0.3) is 20.7 Å². The number of nitrogens with one attached hydrogen (secondary N) is 1. The fourth-order valence-electron chi connectivity index (χ4n) is 6.17. The Morgan fingerprint density at radius 3 is 1.60 bits per heavy atom. The summed E-state index contributed by atoms with van der Waals surface area (Å²) in [6.07, 6.45) is -1.63. The zero-order chi connectivity index (χ0) is 51.7. The smallest absolute Gasteiger partial charge is 0.309 e. The van der Waals surface area contributed by atoms with Crippen molar-refractivity contribution in [3.8, 4) is 0 Å². The Morgan fingerprint density at radius 1 is 0.729 bits per heavy atom. The molecule has 6 rings (SSSR count). The molecule has 0 aliphatic heterocycles. The molecule has 7 N–H and O–H groups in total. The third-order valence-electron chi connectivity index (χ3n) is 10.3. The van der Waals surface area contributed by atoms with Crippen molar-refractivity contribution in [3.05, 3.63) is 174 Å². The third-order valence-corrected chi connectivity index (χ3v) is 11.3. The van der Waals surface area contributed by atoms with Gasteiger partial charge < -0.3 is 31.6 Å². The van der Waals surface area contributed by atoms with Crippen LogP contribution >= 0.6 is 23.2 Å². The first-order chi connectivity index (χ1) is 32.6. The maximum Gasteiger partial charge on any atom is 0.309 e. The number of carboxylic acids is 1. The van der Waals surface area contributed by atoms with Gasteiger partial charge in [-0.1, -0.05) is 71.9 Å². The summed E-state index contributed by atoms with van der Waals surface area (Å²) in [7, 11) is 0. The number of Topliss-reactive ketones (excluding diaryl/α,β-unsaturated/α-hetero) is 2. The number of carbonyl (C=O) groups excluding carboxylic acids is 3. The molecule has 0 fully saturated rings. The molecule has 70 heavy (non-hydrogen) atoms. The van der Waals surface area contributed by atoms with Crippen molar-refractivity contribution in [3.63, 3.8) is 0 Å². The molecule has 21 heteroatoms. The summed E-state index contributed by atoms with van der Waals surface area (Å²) in [6.45, 7) is 19.7. The van der Waals surface area contributed by atoms with E-state index in [1.165, 1.54) is 19.9 Å². The van der Waals surface area contributed by atoms with E-state index < -0.39 is 77.3 Å². The van der Waals surface area contributed by atoms with Crippen LogP contribution in [0.4, 0.5) is 28.9 Å². The average molecular weight is 1010 g/mol. The number of aliphatic hydroxyl groups excluding tert-OH is 2. The van der Waals surface area contributed by atoms with Crippen LogP contribution < -0.4 is 11.1 Å². The summed E-state index contributed by atoms with van der Waals surface area (Å²) in [5.41, 5.74) is 9.77. The van der Waals surface area contributed by atoms with E-state index in [0.29, 0.717) is 44.1 Å². The molecule has 0 unspecified atom stereocenters. The molecule has 370 valence electrons. The number of aliphatic hydroxyl groups is 2. The predicted octanol–water partition coefficient (Wildman–Crippen LogP) is 9.25. The average Bonchev–Trinajstić information content (AvgIpc) is 3.70. The second-order valence-corrected chi connectivity index (χ2v) is 15.8. The zero-order valence-electron chi connectivity index (χ0n) is 37.2. The minimum Gasteiger partial charge on any atom is -0.481 e. The Kier molecular flexibility index (Phi) is 23.3. The van der Waals surface area contributed by atoms with Gasteiger partial charge in [0.25, 0.3) is 0 Å². The van der Waals surface area contributed by atoms with Crippen LogP contribution in [-0.4, -0.2) is 84.4 Å². The van der Waals surface area contributed by atoms with E-state index in [9.17, 15) is 47.0 Å². The van der Waals surface area contributed by atoms with Crippen LogP contribution in [0.3, 0.4) is 0 Å². The van der Waals surface area contributed by atoms with Crippen LogP contribution in [0.15, 0.2) is 84.9 Å². The van der Waals surface area contributed by atoms with Crippen LogP contribution in [0, 0.1) is 62.1 Å². The lowest BCUT2D eigenvalue weighted by molar-refractivity contribution is -0.145. The van der Waals surface area contributed by atoms with Gasteiger partial charge in [-0.25, -0.2) is 27.3 Å². The summed E-state index contributed by atoms with van der Waals surface area (Å²) in [5.74, 6) is -8.60. The SMILES string of the molecule is C.NCC(=O)c1ccc(F)c(F)c1.On1nnc2ccccc21.[C-]#[N+]c1ccc(C[C@@H](C(=O)NCC(=O)c2ccc(F)c(F)c2)[C@@H](C)O)c(C)c1Cl.[C-]#[N+]c1ccc(C[C@@H](C(=O)O)[C@@H](C)O)c(C)c1Cl. The Morgan fingerprint density at radius 2 is 1.19 bits per heavy atom. The molecule has 0 saturated carbocycles. The highest BCUT2D eigenvalue weighted by Gasteiger charge is 2.27. The van der Waals surface area contributed by atoms with E-state index in [-0.39, 0.29) is 43.0 Å². The molecule has 15 nitrogen and oxygen atoms in total. The molecule has 0 aliphatic rings. The number of carboxylic acid groups (broad SMARTS) is 1. The number of rotatable bonds is 13. The summed E-state index contributed by atoms with van der Waals surface area (Å²) in [4.78, 5) is 53.9. The van der Waals surface area contributed by atoms with Crippen LogP contribution in [0.1, 0.15) is 64.2 Å².